The van der Waals surface area contributed by atoms with Gasteiger partial charge < -0.3 is 14.8 Å². The molecule has 0 aromatic heterocycles. The van der Waals surface area contributed by atoms with Crippen molar-refractivity contribution in [2.45, 2.75) is 45.3 Å². The first-order valence-electron chi connectivity index (χ1n) is 7.03. The van der Waals surface area contributed by atoms with E-state index in [-0.39, 0.29) is 6.10 Å². The average Bonchev–Trinajstić information content (AvgIpc) is 2.46. The van der Waals surface area contributed by atoms with Crippen molar-refractivity contribution in [3.63, 3.8) is 0 Å². The van der Waals surface area contributed by atoms with Gasteiger partial charge in [0, 0.05) is 6.42 Å². The first kappa shape index (κ1) is 16.3. The summed E-state index contributed by atoms with van der Waals surface area (Å²) in [5.74, 6) is 1.48. The Morgan fingerprint density at radius 3 is 2.55 bits per heavy atom. The monoisotopic (exact) mass is 276 g/mol. The molecule has 2 unspecified atom stereocenters. The average molecular weight is 276 g/mol. The maximum absolute atomic E-state index is 9.18. The Morgan fingerprint density at radius 1 is 1.35 bits per heavy atom. The van der Waals surface area contributed by atoms with Crippen LogP contribution in [-0.4, -0.2) is 25.3 Å². The summed E-state index contributed by atoms with van der Waals surface area (Å²) in [7, 11) is 1.79. The molecular weight excluding hydrogens is 252 g/mol. The maximum atomic E-state index is 9.18. The van der Waals surface area contributed by atoms with Gasteiger partial charge in [0.2, 0.25) is 0 Å². The van der Waals surface area contributed by atoms with Gasteiger partial charge in [0.15, 0.2) is 11.5 Å². The van der Waals surface area contributed by atoms with Crippen LogP contribution in [0, 0.1) is 11.3 Å². The highest BCUT2D eigenvalue weighted by Gasteiger charge is 2.25. The minimum atomic E-state index is -0.585. The summed E-state index contributed by atoms with van der Waals surface area (Å²) in [6.45, 7) is 6.56. The third kappa shape index (κ3) is 4.75. The molecule has 0 saturated heterocycles. The van der Waals surface area contributed by atoms with Gasteiger partial charge in [-0.2, -0.15) is 5.26 Å². The molecule has 0 radical (unpaired) electrons. The second-order valence-electron chi connectivity index (χ2n) is 5.12. The van der Waals surface area contributed by atoms with Gasteiger partial charge in [-0.05, 0) is 39.4 Å². The highest BCUT2D eigenvalue weighted by Crippen LogP contribution is 2.28. The topological polar surface area (TPSA) is 54.3 Å². The van der Waals surface area contributed by atoms with Crippen molar-refractivity contribution in [1.29, 1.82) is 5.26 Å². The predicted octanol–water partition coefficient (Wildman–Crippen LogP) is 3.13. The molecule has 4 heteroatoms. The fourth-order valence-electron chi connectivity index (χ4n) is 1.92. The van der Waals surface area contributed by atoms with Crippen LogP contribution in [-0.2, 0) is 0 Å². The van der Waals surface area contributed by atoms with Crippen molar-refractivity contribution in [1.82, 2.24) is 5.32 Å². The predicted molar refractivity (Wildman–Crippen MR) is 80.0 cm³/mol. The van der Waals surface area contributed by atoms with Crippen LogP contribution in [0.2, 0.25) is 0 Å². The molecule has 0 amide bonds. The molecule has 0 aliphatic carbocycles. The SMILES string of the molecule is CCCOc1ccccc1OC(C)CC(C)(C#N)NC. The Labute approximate surface area is 121 Å². The number of para-hydroxylation sites is 2. The molecule has 0 aliphatic heterocycles. The molecule has 2 atom stereocenters. The van der Waals surface area contributed by atoms with E-state index in [1.807, 2.05) is 38.1 Å². The van der Waals surface area contributed by atoms with Crippen LogP contribution >= 0.6 is 0 Å². The zero-order chi connectivity index (χ0) is 15.0. The highest BCUT2D eigenvalue weighted by molar-refractivity contribution is 5.39. The molecular formula is C16H24N2O2. The summed E-state index contributed by atoms with van der Waals surface area (Å²) in [5.41, 5.74) is -0.585. The van der Waals surface area contributed by atoms with E-state index in [1.165, 1.54) is 0 Å². The van der Waals surface area contributed by atoms with Crippen molar-refractivity contribution in [3.05, 3.63) is 24.3 Å². The maximum Gasteiger partial charge on any atom is 0.161 e. The van der Waals surface area contributed by atoms with Crippen LogP contribution < -0.4 is 14.8 Å². The van der Waals surface area contributed by atoms with Crippen molar-refractivity contribution < 1.29 is 9.47 Å². The fourth-order valence-corrected chi connectivity index (χ4v) is 1.92. The van der Waals surface area contributed by atoms with E-state index in [0.29, 0.717) is 13.0 Å². The molecule has 0 saturated carbocycles. The summed E-state index contributed by atoms with van der Waals surface area (Å²) >= 11 is 0. The van der Waals surface area contributed by atoms with E-state index < -0.39 is 5.54 Å². The normalized spacial score (nSPS) is 14.9. The van der Waals surface area contributed by atoms with Crippen LogP contribution in [0.15, 0.2) is 24.3 Å². The second-order valence-corrected chi connectivity index (χ2v) is 5.12. The lowest BCUT2D eigenvalue weighted by Gasteiger charge is -2.25. The minimum absolute atomic E-state index is 0.0847. The molecule has 0 spiro atoms. The molecule has 0 heterocycles. The smallest absolute Gasteiger partial charge is 0.161 e. The van der Waals surface area contributed by atoms with Gasteiger partial charge in [-0.25, -0.2) is 0 Å². The van der Waals surface area contributed by atoms with Crippen molar-refractivity contribution in [3.8, 4) is 17.6 Å². The molecule has 1 aromatic rings. The molecule has 4 nitrogen and oxygen atoms in total. The second kappa shape index (κ2) is 7.76. The summed E-state index contributed by atoms with van der Waals surface area (Å²) in [5, 5.41) is 12.2. The fraction of sp³-hybridized carbons (Fsp3) is 0.562. The number of nitrogens with zero attached hydrogens (tertiary/aromatic N) is 1. The Balaban J connectivity index is 2.71. The van der Waals surface area contributed by atoms with Crippen molar-refractivity contribution in [2.75, 3.05) is 13.7 Å². The van der Waals surface area contributed by atoms with Gasteiger partial charge in [0.05, 0.1) is 18.8 Å². The lowest BCUT2D eigenvalue weighted by Crippen LogP contribution is -2.41. The summed E-state index contributed by atoms with van der Waals surface area (Å²) in [6.07, 6.45) is 1.47. The van der Waals surface area contributed by atoms with E-state index in [2.05, 4.69) is 18.3 Å². The molecule has 20 heavy (non-hydrogen) atoms. The Hall–Kier alpha value is -1.73. The first-order chi connectivity index (χ1) is 9.54. The summed E-state index contributed by atoms with van der Waals surface area (Å²) in [6, 6.07) is 9.91. The Bertz CT molecular complexity index is 456. The third-order valence-electron chi connectivity index (χ3n) is 3.13. The van der Waals surface area contributed by atoms with Gasteiger partial charge in [-0.1, -0.05) is 19.1 Å². The zero-order valence-corrected chi connectivity index (χ0v) is 12.8. The number of ether oxygens (including phenoxy) is 2. The van der Waals surface area contributed by atoms with Gasteiger partial charge in [0.25, 0.3) is 0 Å². The lowest BCUT2D eigenvalue weighted by atomic mass is 9.97. The van der Waals surface area contributed by atoms with E-state index in [0.717, 1.165) is 17.9 Å². The van der Waals surface area contributed by atoms with E-state index in [9.17, 15) is 5.26 Å². The zero-order valence-electron chi connectivity index (χ0n) is 12.8. The number of benzene rings is 1. The molecule has 1 N–H and O–H groups in total. The quantitative estimate of drug-likeness (QED) is 0.792. The Morgan fingerprint density at radius 2 is 2.00 bits per heavy atom. The lowest BCUT2D eigenvalue weighted by molar-refractivity contribution is 0.172. The van der Waals surface area contributed by atoms with Gasteiger partial charge in [-0.3, -0.25) is 0 Å². The molecule has 0 aliphatic rings. The largest absolute Gasteiger partial charge is 0.490 e. The number of nitriles is 1. The van der Waals surface area contributed by atoms with Gasteiger partial charge in [-0.15, -0.1) is 0 Å². The van der Waals surface area contributed by atoms with Crippen LogP contribution in [0.4, 0.5) is 0 Å². The number of hydrogen-bond acceptors (Lipinski definition) is 4. The first-order valence-corrected chi connectivity index (χ1v) is 7.03. The summed E-state index contributed by atoms with van der Waals surface area (Å²) < 4.78 is 11.6. The van der Waals surface area contributed by atoms with E-state index in [4.69, 9.17) is 9.47 Å². The Kier molecular flexibility index (Phi) is 6.33. The molecule has 1 aromatic carbocycles. The third-order valence-corrected chi connectivity index (χ3v) is 3.13. The van der Waals surface area contributed by atoms with Crippen LogP contribution in [0.5, 0.6) is 11.5 Å². The molecule has 1 rings (SSSR count). The standard InChI is InChI=1S/C16H24N2O2/c1-5-10-19-14-8-6-7-9-15(14)20-13(2)11-16(3,12-17)18-4/h6-9,13,18H,5,10-11H2,1-4H3. The highest BCUT2D eigenvalue weighted by atomic mass is 16.5. The van der Waals surface area contributed by atoms with Gasteiger partial charge >= 0.3 is 0 Å². The van der Waals surface area contributed by atoms with Crippen LogP contribution in [0.1, 0.15) is 33.6 Å². The number of hydrogen-bond donors (Lipinski definition) is 1. The summed E-state index contributed by atoms with van der Waals surface area (Å²) in [4.78, 5) is 0. The van der Waals surface area contributed by atoms with Crippen molar-refractivity contribution >= 4 is 0 Å². The number of rotatable bonds is 8. The molecule has 0 bridgehead atoms. The number of nitrogens with one attached hydrogen (secondary N) is 1. The van der Waals surface area contributed by atoms with Gasteiger partial charge in [0.1, 0.15) is 5.54 Å². The van der Waals surface area contributed by atoms with Crippen molar-refractivity contribution in [2.24, 2.45) is 0 Å². The minimum Gasteiger partial charge on any atom is -0.490 e. The molecule has 110 valence electrons. The van der Waals surface area contributed by atoms with E-state index >= 15 is 0 Å². The molecule has 0 fully saturated rings. The van der Waals surface area contributed by atoms with Crippen LogP contribution in [0.25, 0.3) is 0 Å². The van der Waals surface area contributed by atoms with E-state index in [1.54, 1.807) is 7.05 Å². The van der Waals surface area contributed by atoms with Crippen LogP contribution in [0.3, 0.4) is 0 Å².